The lowest BCUT2D eigenvalue weighted by Crippen LogP contribution is -2.17. The van der Waals surface area contributed by atoms with Crippen molar-refractivity contribution in [2.75, 3.05) is 18.5 Å². The van der Waals surface area contributed by atoms with Crippen LogP contribution in [0, 0.1) is 22.7 Å². The average molecular weight is 315 g/mol. The maximum atomic E-state index is 9.45. The highest BCUT2D eigenvalue weighted by Crippen LogP contribution is 2.21. The molecule has 0 heterocycles. The van der Waals surface area contributed by atoms with Crippen molar-refractivity contribution in [1.29, 1.82) is 10.5 Å². The van der Waals surface area contributed by atoms with Crippen molar-refractivity contribution in [3.63, 3.8) is 0 Å². The number of benzene rings is 2. The van der Waals surface area contributed by atoms with E-state index in [4.69, 9.17) is 5.26 Å². The van der Waals surface area contributed by atoms with E-state index in [-0.39, 0.29) is 0 Å². The van der Waals surface area contributed by atoms with E-state index >= 15 is 0 Å². The molecule has 0 atom stereocenters. The normalized spacial score (nSPS) is 10.8. The molecule has 2 aromatic carbocycles. The maximum Gasteiger partial charge on any atom is 0.0998 e. The first-order valence-corrected chi connectivity index (χ1v) is 8.07. The summed E-state index contributed by atoms with van der Waals surface area (Å²) in [5.74, 6) is 0. The second kappa shape index (κ2) is 8.56. The largest absolute Gasteiger partial charge is 0.374 e. The Bertz CT molecular complexity index is 772. The molecule has 0 aromatic heterocycles. The van der Waals surface area contributed by atoms with E-state index < -0.39 is 0 Å². The van der Waals surface area contributed by atoms with Gasteiger partial charge in [0.2, 0.25) is 0 Å². The van der Waals surface area contributed by atoms with Crippen molar-refractivity contribution in [2.45, 2.75) is 19.8 Å². The summed E-state index contributed by atoms with van der Waals surface area (Å²) in [6.45, 7) is 2.82. The molecule has 0 spiro atoms. The van der Waals surface area contributed by atoms with Gasteiger partial charge in [0.05, 0.1) is 24.1 Å². The van der Waals surface area contributed by atoms with Crippen LogP contribution in [0.4, 0.5) is 5.69 Å². The summed E-state index contributed by atoms with van der Waals surface area (Å²) >= 11 is 0. The zero-order valence-electron chi connectivity index (χ0n) is 14.2. The fraction of sp³-hybridized carbons (Fsp3) is 0.238. The van der Waals surface area contributed by atoms with Gasteiger partial charge in [-0.25, -0.2) is 0 Å². The number of anilines is 1. The number of aryl methyl sites for hydroxylation is 1. The second-order valence-electron chi connectivity index (χ2n) is 5.64. The van der Waals surface area contributed by atoms with Crippen LogP contribution in [0.2, 0.25) is 0 Å². The summed E-state index contributed by atoms with van der Waals surface area (Å²) in [4.78, 5) is 2.05. The third kappa shape index (κ3) is 4.48. The molecule has 0 aliphatic carbocycles. The molecular weight excluding hydrogens is 294 g/mol. The molecule has 0 radical (unpaired) electrons. The molecule has 0 fully saturated rings. The van der Waals surface area contributed by atoms with Crippen LogP contribution in [0.5, 0.6) is 0 Å². The molecule has 120 valence electrons. The summed E-state index contributed by atoms with van der Waals surface area (Å²) in [6.07, 6.45) is 3.40. The van der Waals surface area contributed by atoms with Gasteiger partial charge in [-0.2, -0.15) is 10.5 Å². The van der Waals surface area contributed by atoms with Crippen LogP contribution in [-0.2, 0) is 6.42 Å². The Morgan fingerprint density at radius 1 is 1.04 bits per heavy atom. The van der Waals surface area contributed by atoms with Crippen LogP contribution in [-0.4, -0.2) is 13.6 Å². The van der Waals surface area contributed by atoms with Gasteiger partial charge in [-0.15, -0.1) is 0 Å². The predicted octanol–water partition coefficient (Wildman–Crippen LogP) is 4.66. The molecule has 3 nitrogen and oxygen atoms in total. The smallest absolute Gasteiger partial charge is 0.0998 e. The Morgan fingerprint density at radius 2 is 1.71 bits per heavy atom. The maximum absolute atomic E-state index is 9.45. The van der Waals surface area contributed by atoms with E-state index in [1.54, 1.807) is 0 Å². The molecule has 2 aromatic rings. The molecule has 0 saturated heterocycles. The third-order valence-corrected chi connectivity index (χ3v) is 4.00. The van der Waals surface area contributed by atoms with Crippen molar-refractivity contribution in [3.8, 4) is 12.1 Å². The van der Waals surface area contributed by atoms with Crippen molar-refractivity contribution in [1.82, 2.24) is 0 Å². The lowest BCUT2D eigenvalue weighted by molar-refractivity contribution is 0.905. The van der Waals surface area contributed by atoms with Gasteiger partial charge < -0.3 is 4.90 Å². The van der Waals surface area contributed by atoms with Gasteiger partial charge >= 0.3 is 0 Å². The number of allylic oxidation sites excluding steroid dienone is 1. The molecular formula is C21H21N3. The highest BCUT2D eigenvalue weighted by atomic mass is 15.1. The third-order valence-electron chi connectivity index (χ3n) is 4.00. The number of rotatable bonds is 6. The minimum absolute atomic E-state index is 0.504. The SMILES string of the molecule is CCc1ccc(C(C#N)=Cc2ccc(N(C)CCC#N)cc2)cc1. The second-order valence-corrected chi connectivity index (χ2v) is 5.64. The Labute approximate surface area is 144 Å². The Kier molecular flexibility index (Phi) is 6.17. The van der Waals surface area contributed by atoms with E-state index in [0.717, 1.165) is 23.2 Å². The first-order chi connectivity index (χ1) is 11.7. The monoisotopic (exact) mass is 315 g/mol. The molecule has 0 saturated carbocycles. The zero-order valence-corrected chi connectivity index (χ0v) is 14.2. The van der Waals surface area contributed by atoms with Gasteiger partial charge in [-0.05, 0) is 41.3 Å². The summed E-state index contributed by atoms with van der Waals surface area (Å²) in [5, 5.41) is 18.1. The van der Waals surface area contributed by atoms with E-state index in [9.17, 15) is 5.26 Å². The van der Waals surface area contributed by atoms with Gasteiger partial charge in [0, 0.05) is 19.3 Å². The van der Waals surface area contributed by atoms with Gasteiger partial charge in [0.15, 0.2) is 0 Å². The van der Waals surface area contributed by atoms with E-state index in [1.165, 1.54) is 5.56 Å². The quantitative estimate of drug-likeness (QED) is 0.575. The van der Waals surface area contributed by atoms with Crippen LogP contribution in [0.15, 0.2) is 48.5 Å². The number of nitriles is 2. The highest BCUT2D eigenvalue weighted by Gasteiger charge is 2.03. The predicted molar refractivity (Wildman–Crippen MR) is 99.2 cm³/mol. The summed E-state index contributed by atoms with van der Waals surface area (Å²) in [5.41, 5.74) is 4.91. The molecule has 3 heteroatoms. The summed E-state index contributed by atoms with van der Waals surface area (Å²) < 4.78 is 0. The minimum Gasteiger partial charge on any atom is -0.374 e. The number of hydrogen-bond donors (Lipinski definition) is 0. The summed E-state index contributed by atoms with van der Waals surface area (Å²) in [7, 11) is 1.97. The standard InChI is InChI=1S/C21H21N3/c1-3-17-5-9-19(10-6-17)20(16-23)15-18-7-11-21(12-8-18)24(2)14-4-13-22/h5-12,15H,3-4,14H2,1-2H3. The van der Waals surface area contributed by atoms with Crippen molar-refractivity contribution in [2.24, 2.45) is 0 Å². The Balaban J connectivity index is 2.19. The van der Waals surface area contributed by atoms with Crippen LogP contribution in [0.1, 0.15) is 30.0 Å². The van der Waals surface area contributed by atoms with Crippen molar-refractivity contribution >= 4 is 17.3 Å². The van der Waals surface area contributed by atoms with Crippen LogP contribution >= 0.6 is 0 Å². The fourth-order valence-corrected chi connectivity index (χ4v) is 2.44. The highest BCUT2D eigenvalue weighted by molar-refractivity contribution is 5.89. The molecule has 0 aliphatic heterocycles. The molecule has 0 bridgehead atoms. The molecule has 24 heavy (non-hydrogen) atoms. The Hall–Kier alpha value is -3.04. The Morgan fingerprint density at radius 3 is 2.25 bits per heavy atom. The summed E-state index contributed by atoms with van der Waals surface area (Å²) in [6, 6.07) is 20.6. The zero-order chi connectivity index (χ0) is 17.4. The molecule has 0 amide bonds. The topological polar surface area (TPSA) is 50.8 Å². The minimum atomic E-state index is 0.504. The van der Waals surface area contributed by atoms with Crippen molar-refractivity contribution < 1.29 is 0 Å². The van der Waals surface area contributed by atoms with E-state index in [0.29, 0.717) is 18.5 Å². The lowest BCUT2D eigenvalue weighted by atomic mass is 10.0. The number of nitrogens with zero attached hydrogens (tertiary/aromatic N) is 3. The van der Waals surface area contributed by atoms with E-state index in [2.05, 4.69) is 31.2 Å². The van der Waals surface area contributed by atoms with Crippen LogP contribution < -0.4 is 4.90 Å². The van der Waals surface area contributed by atoms with Gasteiger partial charge in [-0.1, -0.05) is 43.3 Å². The first-order valence-electron chi connectivity index (χ1n) is 8.07. The van der Waals surface area contributed by atoms with Crippen molar-refractivity contribution in [3.05, 3.63) is 65.2 Å². The fourth-order valence-electron chi connectivity index (χ4n) is 2.44. The molecule has 2 rings (SSSR count). The van der Waals surface area contributed by atoms with Crippen LogP contribution in [0.25, 0.3) is 11.6 Å². The van der Waals surface area contributed by atoms with E-state index in [1.807, 2.05) is 54.4 Å². The van der Waals surface area contributed by atoms with Gasteiger partial charge in [0.25, 0.3) is 0 Å². The average Bonchev–Trinajstić information content (AvgIpc) is 2.64. The molecule has 0 N–H and O–H groups in total. The lowest BCUT2D eigenvalue weighted by Gasteiger charge is -2.17. The molecule has 0 unspecified atom stereocenters. The van der Waals surface area contributed by atoms with Gasteiger partial charge in [0.1, 0.15) is 0 Å². The number of hydrogen-bond acceptors (Lipinski definition) is 3. The van der Waals surface area contributed by atoms with Gasteiger partial charge in [-0.3, -0.25) is 0 Å². The first kappa shape index (κ1) is 17.3. The van der Waals surface area contributed by atoms with Crippen LogP contribution in [0.3, 0.4) is 0 Å². The molecule has 0 aliphatic rings.